The summed E-state index contributed by atoms with van der Waals surface area (Å²) in [5, 5.41) is 32.5. The van der Waals surface area contributed by atoms with Gasteiger partial charge in [0.05, 0.1) is 25.0 Å². The minimum atomic E-state index is -3.10. The van der Waals surface area contributed by atoms with Crippen molar-refractivity contribution in [3.05, 3.63) is 65.5 Å². The van der Waals surface area contributed by atoms with Gasteiger partial charge in [-0.05, 0) is 29.5 Å². The van der Waals surface area contributed by atoms with Crippen molar-refractivity contribution < 1.29 is 23.4 Å². The van der Waals surface area contributed by atoms with Gasteiger partial charge >= 0.3 is 6.61 Å². The molecule has 37 heavy (non-hydrogen) atoms. The third-order valence-electron chi connectivity index (χ3n) is 5.04. The molecule has 0 bridgehead atoms. The summed E-state index contributed by atoms with van der Waals surface area (Å²) in [5.74, 6) is -0.480. The molecule has 0 radical (unpaired) electrons. The fourth-order valence-electron chi connectivity index (χ4n) is 3.52. The van der Waals surface area contributed by atoms with Crippen molar-refractivity contribution in [1.29, 1.82) is 0 Å². The number of amides is 1. The number of carbonyl (C=O) groups excluding carboxylic acids is 1. The number of nitrogens with zero attached hydrogens (tertiary/aromatic N) is 9. The summed E-state index contributed by atoms with van der Waals surface area (Å²) in [6.07, 6.45) is 6.00. The van der Waals surface area contributed by atoms with Crippen molar-refractivity contribution in [1.82, 2.24) is 44.6 Å². The second kappa shape index (κ2) is 10.2. The van der Waals surface area contributed by atoms with Gasteiger partial charge in [-0.2, -0.15) is 23.8 Å². The lowest BCUT2D eigenvalue weighted by atomic mass is 10.1. The molecule has 4 aromatic heterocycles. The van der Waals surface area contributed by atoms with Gasteiger partial charge in [0, 0.05) is 29.2 Å². The van der Waals surface area contributed by atoms with E-state index in [0.717, 1.165) is 0 Å². The van der Waals surface area contributed by atoms with Crippen molar-refractivity contribution in [2.24, 2.45) is 0 Å². The summed E-state index contributed by atoms with van der Waals surface area (Å²) in [6, 6.07) is 5.74. The first kappa shape index (κ1) is 24.2. The molecule has 0 aliphatic heterocycles. The van der Waals surface area contributed by atoms with E-state index in [1.807, 2.05) is 0 Å². The number of anilines is 1. The highest BCUT2D eigenvalue weighted by Gasteiger charge is 2.22. The largest absolute Gasteiger partial charge is 0.434 e. The predicted octanol–water partition coefficient (Wildman–Crippen LogP) is 2.13. The summed E-state index contributed by atoms with van der Waals surface area (Å²) in [5.41, 5.74) is 0.908. The number of aliphatic hydroxyl groups excluding tert-OH is 1. The number of nitrogens with one attached hydrogen (secondary N) is 1. The molecule has 190 valence electrons. The highest BCUT2D eigenvalue weighted by molar-refractivity contribution is 6.31. The van der Waals surface area contributed by atoms with Gasteiger partial charge in [-0.3, -0.25) is 9.48 Å². The van der Waals surface area contributed by atoms with E-state index in [0.29, 0.717) is 5.65 Å². The first-order chi connectivity index (χ1) is 17.9. The van der Waals surface area contributed by atoms with Crippen LogP contribution in [0.5, 0.6) is 5.75 Å². The normalized spacial score (nSPS) is 11.4. The summed E-state index contributed by atoms with van der Waals surface area (Å²) < 4.78 is 33.7. The zero-order valence-electron chi connectivity index (χ0n) is 18.7. The Morgan fingerprint density at radius 1 is 1.27 bits per heavy atom. The molecule has 4 heterocycles. The van der Waals surface area contributed by atoms with Crippen LogP contribution < -0.4 is 10.1 Å². The van der Waals surface area contributed by atoms with Gasteiger partial charge in [0.25, 0.3) is 5.91 Å². The highest BCUT2D eigenvalue weighted by atomic mass is 35.5. The molecule has 0 saturated heterocycles. The monoisotopic (exact) mass is 530 g/mol. The van der Waals surface area contributed by atoms with E-state index in [1.165, 1.54) is 50.8 Å². The number of hydrogen-bond donors (Lipinski definition) is 2. The van der Waals surface area contributed by atoms with Crippen LogP contribution >= 0.6 is 11.6 Å². The van der Waals surface area contributed by atoms with Gasteiger partial charge < -0.3 is 15.2 Å². The van der Waals surface area contributed by atoms with Crippen molar-refractivity contribution in [3.63, 3.8) is 0 Å². The first-order valence-electron chi connectivity index (χ1n) is 10.7. The first-order valence-corrected chi connectivity index (χ1v) is 11.1. The number of alkyl halides is 2. The maximum atomic E-state index is 13.2. The molecule has 0 aliphatic carbocycles. The maximum Gasteiger partial charge on any atom is 0.387 e. The molecule has 0 saturated carbocycles. The maximum absolute atomic E-state index is 13.2. The van der Waals surface area contributed by atoms with E-state index in [4.69, 9.17) is 16.7 Å². The van der Waals surface area contributed by atoms with Crippen LogP contribution in [0.25, 0.3) is 16.9 Å². The van der Waals surface area contributed by atoms with Crippen molar-refractivity contribution in [3.8, 4) is 17.0 Å². The van der Waals surface area contributed by atoms with Gasteiger partial charge in [0.2, 0.25) is 0 Å². The zero-order chi connectivity index (χ0) is 25.9. The lowest BCUT2D eigenvalue weighted by Crippen LogP contribution is -2.12. The lowest BCUT2D eigenvalue weighted by molar-refractivity contribution is -0.0494. The molecule has 0 aliphatic rings. The fourth-order valence-corrected chi connectivity index (χ4v) is 3.70. The van der Waals surface area contributed by atoms with Gasteiger partial charge in [-0.1, -0.05) is 11.6 Å². The van der Waals surface area contributed by atoms with E-state index >= 15 is 0 Å². The molecule has 1 amide bonds. The van der Waals surface area contributed by atoms with E-state index < -0.39 is 12.5 Å². The summed E-state index contributed by atoms with van der Waals surface area (Å²) in [7, 11) is 0. The zero-order valence-corrected chi connectivity index (χ0v) is 19.5. The Kier molecular flexibility index (Phi) is 6.70. The standard InChI is InChI=1S/C21H17ClF2N10O3/c22-12-2-3-16(37-21(23)24)13(8-12)18-15(10-32(30-18)11-17-28-31-34(29-17)6-7-35)27-20(36)14-9-26-33-5-1-4-25-19(14)33/h1-5,8-10,21,35H,6-7,11H2,(H,27,36). The van der Waals surface area contributed by atoms with Crippen LogP contribution in [0.15, 0.2) is 49.1 Å². The van der Waals surface area contributed by atoms with Crippen molar-refractivity contribution in [2.75, 3.05) is 11.9 Å². The van der Waals surface area contributed by atoms with Crippen molar-refractivity contribution >= 4 is 28.8 Å². The number of aromatic nitrogens is 9. The van der Waals surface area contributed by atoms with E-state index in [9.17, 15) is 13.6 Å². The molecule has 5 aromatic rings. The molecule has 2 N–H and O–H groups in total. The quantitative estimate of drug-likeness (QED) is 0.292. The third kappa shape index (κ3) is 5.22. The summed E-state index contributed by atoms with van der Waals surface area (Å²) >= 11 is 6.14. The van der Waals surface area contributed by atoms with Gasteiger partial charge in [-0.15, -0.1) is 10.2 Å². The van der Waals surface area contributed by atoms with Crippen LogP contribution in [0, 0.1) is 0 Å². The second-order valence-corrected chi connectivity index (χ2v) is 7.97. The Labute approximate surface area is 211 Å². The number of benzene rings is 1. The Balaban J connectivity index is 1.54. The Hall–Kier alpha value is -4.50. The van der Waals surface area contributed by atoms with Crippen LogP contribution in [-0.2, 0) is 13.1 Å². The van der Waals surface area contributed by atoms with E-state index in [-0.39, 0.29) is 58.8 Å². The smallest absolute Gasteiger partial charge is 0.387 e. The molecular weight excluding hydrogens is 514 g/mol. The van der Waals surface area contributed by atoms with Gasteiger partial charge in [-0.25, -0.2) is 9.50 Å². The lowest BCUT2D eigenvalue weighted by Gasteiger charge is -2.11. The highest BCUT2D eigenvalue weighted by Crippen LogP contribution is 2.37. The molecule has 0 atom stereocenters. The Morgan fingerprint density at radius 2 is 2.14 bits per heavy atom. The minimum Gasteiger partial charge on any atom is -0.434 e. The average molecular weight is 531 g/mol. The van der Waals surface area contributed by atoms with Crippen LogP contribution in [-0.4, -0.2) is 68.8 Å². The SMILES string of the molecule is O=C(Nc1cn(Cc2nnn(CCO)n2)nc1-c1cc(Cl)ccc1OC(F)F)c1cnn2cccnc12. The van der Waals surface area contributed by atoms with E-state index in [2.05, 4.69) is 40.6 Å². The van der Waals surface area contributed by atoms with Crippen molar-refractivity contribution in [2.45, 2.75) is 19.7 Å². The number of hydrogen-bond acceptors (Lipinski definition) is 9. The number of fused-ring (bicyclic) bond motifs is 1. The number of aliphatic hydroxyl groups is 1. The third-order valence-corrected chi connectivity index (χ3v) is 5.28. The number of ether oxygens (including phenoxy) is 1. The van der Waals surface area contributed by atoms with Crippen LogP contribution in [0.4, 0.5) is 14.5 Å². The summed E-state index contributed by atoms with van der Waals surface area (Å²) in [6.45, 7) is -3.09. The van der Waals surface area contributed by atoms with Crippen LogP contribution in [0.2, 0.25) is 5.02 Å². The molecule has 16 heteroatoms. The van der Waals surface area contributed by atoms with Gasteiger partial charge in [0.15, 0.2) is 11.5 Å². The summed E-state index contributed by atoms with van der Waals surface area (Å²) in [4.78, 5) is 18.6. The topological polar surface area (TPSA) is 150 Å². The number of carbonyl (C=O) groups is 1. The Morgan fingerprint density at radius 3 is 2.95 bits per heavy atom. The molecule has 0 unspecified atom stereocenters. The number of rotatable bonds is 9. The van der Waals surface area contributed by atoms with Crippen LogP contribution in [0.1, 0.15) is 16.2 Å². The molecule has 0 spiro atoms. The average Bonchev–Trinajstić information content (AvgIpc) is 3.59. The van der Waals surface area contributed by atoms with Gasteiger partial charge in [0.1, 0.15) is 23.6 Å². The Bertz CT molecular complexity index is 1570. The predicted molar refractivity (Wildman–Crippen MR) is 124 cm³/mol. The number of halogens is 3. The molecular formula is C21H17ClF2N10O3. The molecule has 0 fully saturated rings. The minimum absolute atomic E-state index is 0.0260. The molecule has 1 aromatic carbocycles. The fraction of sp³-hybridized carbons (Fsp3) is 0.190. The second-order valence-electron chi connectivity index (χ2n) is 7.53. The van der Waals surface area contributed by atoms with Crippen LogP contribution in [0.3, 0.4) is 0 Å². The molecule has 13 nitrogen and oxygen atoms in total. The molecule has 5 rings (SSSR count). The van der Waals surface area contributed by atoms with E-state index in [1.54, 1.807) is 12.3 Å². The number of tetrazole rings is 1.